The lowest BCUT2D eigenvalue weighted by molar-refractivity contribution is 0.376. The Kier molecular flexibility index (Phi) is 7.02. The van der Waals surface area contributed by atoms with E-state index in [1.54, 1.807) is 6.92 Å². The number of aryl methyl sites for hydroxylation is 1. The van der Waals surface area contributed by atoms with E-state index in [1.165, 1.54) is 0 Å². The molecule has 0 atom stereocenters. The van der Waals surface area contributed by atoms with Crippen LogP contribution < -0.4 is 11.1 Å². The molecule has 0 spiro atoms. The average molecular weight is 339 g/mol. The lowest BCUT2D eigenvalue weighted by Crippen LogP contribution is -2.36. The Balaban J connectivity index is 0.00000225. The first-order valence-corrected chi connectivity index (χ1v) is 4.93. The van der Waals surface area contributed by atoms with Crippen LogP contribution in [0, 0.1) is 6.92 Å². The summed E-state index contributed by atoms with van der Waals surface area (Å²) >= 11 is 0. The Labute approximate surface area is 112 Å². The molecule has 0 aromatic carbocycles. The predicted molar refractivity (Wildman–Crippen MR) is 72.9 cm³/mol. The van der Waals surface area contributed by atoms with Gasteiger partial charge < -0.3 is 15.6 Å². The number of hydrogen-bond donors (Lipinski definition) is 2. The molecule has 0 amide bonds. The highest BCUT2D eigenvalue weighted by Crippen LogP contribution is 1.96. The predicted octanol–water partition coefficient (Wildman–Crippen LogP) is 0.851. The third-order valence-corrected chi connectivity index (χ3v) is 1.61. The highest BCUT2D eigenvalue weighted by molar-refractivity contribution is 14.0. The van der Waals surface area contributed by atoms with Crippen molar-refractivity contribution >= 4 is 29.9 Å². The van der Waals surface area contributed by atoms with Crippen molar-refractivity contribution in [3.8, 4) is 0 Å². The molecule has 0 aliphatic carbocycles. The van der Waals surface area contributed by atoms with E-state index in [9.17, 15) is 0 Å². The molecule has 0 bridgehead atoms. The Hall–Kier alpha value is -0.860. The lowest BCUT2D eigenvalue weighted by atomic mass is 10.4. The number of nitrogens with zero attached hydrogens (tertiary/aromatic N) is 3. The highest BCUT2D eigenvalue weighted by atomic mass is 127. The van der Waals surface area contributed by atoms with Gasteiger partial charge in [0.1, 0.15) is 0 Å². The van der Waals surface area contributed by atoms with E-state index in [0.29, 0.717) is 36.7 Å². The van der Waals surface area contributed by atoms with Crippen LogP contribution in [0.3, 0.4) is 0 Å². The van der Waals surface area contributed by atoms with Crippen molar-refractivity contribution in [2.24, 2.45) is 10.7 Å². The molecule has 0 radical (unpaired) electrons. The van der Waals surface area contributed by atoms with Crippen molar-refractivity contribution in [2.75, 3.05) is 6.54 Å². The molecular formula is C9H18IN5O. The van der Waals surface area contributed by atoms with Gasteiger partial charge in [0.2, 0.25) is 5.89 Å². The van der Waals surface area contributed by atoms with Crippen LogP contribution in [0.15, 0.2) is 9.52 Å². The minimum absolute atomic E-state index is 0. The monoisotopic (exact) mass is 339 g/mol. The number of guanidine groups is 1. The Morgan fingerprint density at radius 2 is 2.25 bits per heavy atom. The summed E-state index contributed by atoms with van der Waals surface area (Å²) in [5, 5.41) is 6.68. The first-order valence-electron chi connectivity index (χ1n) is 4.93. The summed E-state index contributed by atoms with van der Waals surface area (Å²) in [4.78, 5) is 8.18. The summed E-state index contributed by atoms with van der Waals surface area (Å²) < 4.78 is 4.94. The molecule has 7 heteroatoms. The Bertz CT molecular complexity index is 336. The molecular weight excluding hydrogens is 321 g/mol. The maximum atomic E-state index is 5.62. The molecule has 1 heterocycles. The molecule has 0 aliphatic rings. The smallest absolute Gasteiger partial charge is 0.228 e. The fourth-order valence-electron chi connectivity index (χ4n) is 1.05. The molecule has 1 rings (SSSR count). The minimum Gasteiger partial charge on any atom is -0.370 e. The van der Waals surface area contributed by atoms with E-state index in [1.807, 2.05) is 13.8 Å². The van der Waals surface area contributed by atoms with Crippen LogP contribution >= 0.6 is 24.0 Å². The average Bonchev–Trinajstić information content (AvgIpc) is 2.50. The standard InChI is InChI=1S/C9H17N5O.HI/c1-6(2)12-9(10)11-5-4-8-13-7(3)14-15-8;/h6H,4-5H2,1-3H3,(H3,10,11,12);1H. The van der Waals surface area contributed by atoms with Crippen molar-refractivity contribution in [3.63, 3.8) is 0 Å². The van der Waals surface area contributed by atoms with Crippen LogP contribution in [-0.2, 0) is 6.42 Å². The van der Waals surface area contributed by atoms with Crippen LogP contribution in [0.25, 0.3) is 0 Å². The van der Waals surface area contributed by atoms with Gasteiger partial charge >= 0.3 is 0 Å². The van der Waals surface area contributed by atoms with E-state index in [4.69, 9.17) is 10.3 Å². The van der Waals surface area contributed by atoms with Gasteiger partial charge in [-0.15, -0.1) is 24.0 Å². The van der Waals surface area contributed by atoms with Crippen molar-refractivity contribution < 1.29 is 4.52 Å². The van der Waals surface area contributed by atoms with Crippen LogP contribution in [0.2, 0.25) is 0 Å². The lowest BCUT2D eigenvalue weighted by Gasteiger charge is -2.07. The Morgan fingerprint density at radius 3 is 2.75 bits per heavy atom. The van der Waals surface area contributed by atoms with Gasteiger partial charge in [-0.1, -0.05) is 5.16 Å². The first-order chi connectivity index (χ1) is 7.08. The largest absolute Gasteiger partial charge is 0.370 e. The molecule has 92 valence electrons. The molecule has 0 unspecified atom stereocenters. The topological polar surface area (TPSA) is 89.3 Å². The van der Waals surface area contributed by atoms with E-state index in [0.717, 1.165) is 0 Å². The van der Waals surface area contributed by atoms with Crippen molar-refractivity contribution in [1.82, 2.24) is 15.5 Å². The minimum atomic E-state index is 0. The maximum absolute atomic E-state index is 5.62. The third kappa shape index (κ3) is 5.89. The van der Waals surface area contributed by atoms with Crippen molar-refractivity contribution in [3.05, 3.63) is 11.7 Å². The van der Waals surface area contributed by atoms with Gasteiger partial charge in [-0.2, -0.15) is 4.98 Å². The summed E-state index contributed by atoms with van der Waals surface area (Å²) in [6, 6.07) is 0.291. The number of halogens is 1. The second-order valence-electron chi connectivity index (χ2n) is 3.55. The fraction of sp³-hybridized carbons (Fsp3) is 0.667. The zero-order valence-corrected chi connectivity index (χ0v) is 12.1. The Morgan fingerprint density at radius 1 is 1.56 bits per heavy atom. The summed E-state index contributed by atoms with van der Waals surface area (Å²) in [6.07, 6.45) is 0.612. The number of hydrogen-bond acceptors (Lipinski definition) is 4. The van der Waals surface area contributed by atoms with Crippen LogP contribution in [0.4, 0.5) is 0 Å². The third-order valence-electron chi connectivity index (χ3n) is 1.61. The quantitative estimate of drug-likeness (QED) is 0.482. The van der Waals surface area contributed by atoms with Crippen LogP contribution in [0.5, 0.6) is 0 Å². The van der Waals surface area contributed by atoms with Gasteiger partial charge in [-0.25, -0.2) is 0 Å². The van der Waals surface area contributed by atoms with E-state index in [2.05, 4.69) is 20.4 Å². The van der Waals surface area contributed by atoms with Gasteiger partial charge in [0.05, 0.1) is 6.54 Å². The second kappa shape index (κ2) is 7.42. The summed E-state index contributed by atoms with van der Waals surface area (Å²) in [5.41, 5.74) is 5.62. The number of aromatic nitrogens is 2. The van der Waals surface area contributed by atoms with Gasteiger partial charge in [-0.05, 0) is 20.8 Å². The highest BCUT2D eigenvalue weighted by Gasteiger charge is 2.01. The molecule has 1 aromatic rings. The molecule has 0 fully saturated rings. The van der Waals surface area contributed by atoms with Crippen LogP contribution in [0.1, 0.15) is 25.6 Å². The van der Waals surface area contributed by atoms with E-state index in [-0.39, 0.29) is 24.0 Å². The van der Waals surface area contributed by atoms with Crippen molar-refractivity contribution in [2.45, 2.75) is 33.2 Å². The number of rotatable bonds is 4. The van der Waals surface area contributed by atoms with Gasteiger partial charge in [0.15, 0.2) is 11.8 Å². The fourth-order valence-corrected chi connectivity index (χ4v) is 1.05. The number of nitrogens with one attached hydrogen (secondary N) is 1. The summed E-state index contributed by atoms with van der Waals surface area (Å²) in [5.74, 6) is 1.68. The molecule has 0 saturated carbocycles. The zero-order valence-electron chi connectivity index (χ0n) is 9.73. The normalized spacial score (nSPS) is 11.4. The molecule has 3 N–H and O–H groups in total. The van der Waals surface area contributed by atoms with E-state index >= 15 is 0 Å². The molecule has 0 saturated heterocycles. The van der Waals surface area contributed by atoms with E-state index < -0.39 is 0 Å². The van der Waals surface area contributed by atoms with Gasteiger partial charge in [0.25, 0.3) is 0 Å². The molecule has 0 aliphatic heterocycles. The second-order valence-corrected chi connectivity index (χ2v) is 3.55. The number of nitrogens with two attached hydrogens (primary N) is 1. The zero-order chi connectivity index (χ0) is 11.3. The maximum Gasteiger partial charge on any atom is 0.228 e. The van der Waals surface area contributed by atoms with Gasteiger partial charge in [-0.3, -0.25) is 4.99 Å². The molecule has 16 heavy (non-hydrogen) atoms. The first kappa shape index (κ1) is 15.1. The van der Waals surface area contributed by atoms with Crippen LogP contribution in [-0.4, -0.2) is 28.7 Å². The van der Waals surface area contributed by atoms with Gasteiger partial charge in [0, 0.05) is 12.5 Å². The number of aliphatic imine (C=N–C) groups is 1. The summed E-state index contributed by atoms with van der Waals surface area (Å²) in [7, 11) is 0. The molecule has 1 aromatic heterocycles. The van der Waals surface area contributed by atoms with Crippen molar-refractivity contribution in [1.29, 1.82) is 0 Å². The SMILES string of the molecule is Cc1noc(CCN=C(N)NC(C)C)n1.I. The summed E-state index contributed by atoms with van der Waals surface area (Å²) in [6.45, 7) is 6.34. The molecule has 6 nitrogen and oxygen atoms in total.